The Kier molecular flexibility index (Phi) is 4.75. The Morgan fingerprint density at radius 2 is 1.97 bits per heavy atom. The highest BCUT2D eigenvalue weighted by atomic mass is 35.5. The highest BCUT2D eigenvalue weighted by Gasteiger charge is 2.32. The maximum atomic E-state index is 13.3. The van der Waals surface area contributed by atoms with E-state index in [9.17, 15) is 4.79 Å². The molecule has 0 spiro atoms. The van der Waals surface area contributed by atoms with Crippen LogP contribution in [0.4, 0.5) is 0 Å². The summed E-state index contributed by atoms with van der Waals surface area (Å²) in [5.41, 5.74) is 3.23. The minimum atomic E-state index is -0.0617. The standard InChI is InChI=1S/C24H20ClN3O2/c1-15-13-18-14-17(6-9-22(18)30-15)24(29)28-12-2-3-21(28)20-10-11-26-23(27-20)16-4-7-19(25)8-5-16/h4-11,13-14,21H,2-3,12H2,1H3/t21-/m0/s1. The number of carbonyl (C=O) groups excluding carboxylic acids is 1. The monoisotopic (exact) mass is 417 g/mol. The molecule has 1 aliphatic heterocycles. The predicted molar refractivity (Wildman–Crippen MR) is 116 cm³/mol. The minimum absolute atomic E-state index is 0.0184. The second-order valence-electron chi connectivity index (χ2n) is 7.58. The van der Waals surface area contributed by atoms with Gasteiger partial charge < -0.3 is 9.32 Å². The van der Waals surface area contributed by atoms with Gasteiger partial charge in [-0.15, -0.1) is 0 Å². The molecule has 0 unspecified atom stereocenters. The van der Waals surface area contributed by atoms with Gasteiger partial charge >= 0.3 is 0 Å². The number of hydrogen-bond donors (Lipinski definition) is 0. The van der Waals surface area contributed by atoms with Crippen LogP contribution in [0, 0.1) is 6.92 Å². The zero-order valence-corrected chi connectivity index (χ0v) is 17.3. The zero-order valence-electron chi connectivity index (χ0n) is 16.5. The first kappa shape index (κ1) is 18.8. The first-order valence-corrected chi connectivity index (χ1v) is 10.4. The predicted octanol–water partition coefficient (Wildman–Crippen LogP) is 5.83. The van der Waals surface area contributed by atoms with Crippen LogP contribution in [0.2, 0.25) is 5.02 Å². The second kappa shape index (κ2) is 7.58. The molecule has 5 nitrogen and oxygen atoms in total. The van der Waals surface area contributed by atoms with Gasteiger partial charge in [0.25, 0.3) is 5.91 Å². The summed E-state index contributed by atoms with van der Waals surface area (Å²) in [6.45, 7) is 2.62. The van der Waals surface area contributed by atoms with Crippen molar-refractivity contribution in [3.8, 4) is 11.4 Å². The molecular weight excluding hydrogens is 398 g/mol. The average molecular weight is 418 g/mol. The highest BCUT2D eigenvalue weighted by molar-refractivity contribution is 6.30. The van der Waals surface area contributed by atoms with Gasteiger partial charge in [-0.3, -0.25) is 4.79 Å². The van der Waals surface area contributed by atoms with Gasteiger partial charge in [0.05, 0.1) is 11.7 Å². The number of halogens is 1. The quantitative estimate of drug-likeness (QED) is 0.421. The van der Waals surface area contributed by atoms with Crippen LogP contribution in [0.5, 0.6) is 0 Å². The molecule has 1 atom stereocenters. The molecule has 0 bridgehead atoms. The van der Waals surface area contributed by atoms with Gasteiger partial charge in [0.1, 0.15) is 11.3 Å². The van der Waals surface area contributed by atoms with Gasteiger partial charge in [0.15, 0.2) is 5.82 Å². The molecule has 2 aromatic heterocycles. The SMILES string of the molecule is Cc1cc2cc(C(=O)N3CCC[C@H]3c3ccnc(-c4ccc(Cl)cc4)n3)ccc2o1. The van der Waals surface area contributed by atoms with Crippen LogP contribution in [0.3, 0.4) is 0 Å². The molecule has 0 radical (unpaired) electrons. The normalized spacial score (nSPS) is 16.3. The van der Waals surface area contributed by atoms with Gasteiger partial charge in [-0.1, -0.05) is 11.6 Å². The van der Waals surface area contributed by atoms with Crippen molar-refractivity contribution in [2.75, 3.05) is 6.54 Å². The Labute approximate surface area is 179 Å². The summed E-state index contributed by atoms with van der Waals surface area (Å²) in [6, 6.07) is 16.9. The molecule has 6 heteroatoms. The molecule has 5 rings (SSSR count). The van der Waals surface area contributed by atoms with E-state index in [0.29, 0.717) is 23.0 Å². The molecule has 1 saturated heterocycles. The van der Waals surface area contributed by atoms with Crippen molar-refractivity contribution in [3.05, 3.63) is 82.8 Å². The number of aryl methyl sites for hydroxylation is 1. The number of likely N-dealkylation sites (tertiary alicyclic amines) is 1. The summed E-state index contributed by atoms with van der Waals surface area (Å²) in [5.74, 6) is 1.49. The minimum Gasteiger partial charge on any atom is -0.461 e. The van der Waals surface area contributed by atoms with E-state index >= 15 is 0 Å². The lowest BCUT2D eigenvalue weighted by atomic mass is 10.1. The summed E-state index contributed by atoms with van der Waals surface area (Å²) in [5, 5.41) is 1.62. The summed E-state index contributed by atoms with van der Waals surface area (Å²) >= 11 is 5.99. The number of amides is 1. The molecule has 0 N–H and O–H groups in total. The first-order valence-electron chi connectivity index (χ1n) is 9.98. The second-order valence-corrected chi connectivity index (χ2v) is 8.01. The Hall–Kier alpha value is -3.18. The van der Waals surface area contributed by atoms with E-state index in [4.69, 9.17) is 21.0 Å². The van der Waals surface area contributed by atoms with Gasteiger partial charge in [0.2, 0.25) is 0 Å². The molecule has 1 fully saturated rings. The number of rotatable bonds is 3. The van der Waals surface area contributed by atoms with Gasteiger partial charge in [-0.2, -0.15) is 0 Å². The van der Waals surface area contributed by atoms with Crippen LogP contribution in [0.1, 0.15) is 40.7 Å². The van der Waals surface area contributed by atoms with Crippen LogP contribution in [-0.4, -0.2) is 27.3 Å². The van der Waals surface area contributed by atoms with E-state index in [1.54, 1.807) is 6.20 Å². The Balaban J connectivity index is 1.45. The Morgan fingerprint density at radius 1 is 1.13 bits per heavy atom. The number of furan rings is 1. The van der Waals surface area contributed by atoms with Crippen LogP contribution < -0.4 is 0 Å². The zero-order chi connectivity index (χ0) is 20.7. The van der Waals surface area contributed by atoms with Crippen molar-refractivity contribution in [2.24, 2.45) is 0 Å². The molecule has 150 valence electrons. The van der Waals surface area contributed by atoms with Crippen molar-refractivity contribution in [3.63, 3.8) is 0 Å². The molecule has 30 heavy (non-hydrogen) atoms. The molecule has 0 saturated carbocycles. The number of fused-ring (bicyclic) bond motifs is 1. The summed E-state index contributed by atoms with van der Waals surface area (Å²) in [7, 11) is 0. The van der Waals surface area contributed by atoms with Crippen molar-refractivity contribution >= 4 is 28.5 Å². The molecular formula is C24H20ClN3O2. The van der Waals surface area contributed by atoms with E-state index in [1.165, 1.54) is 0 Å². The van der Waals surface area contributed by atoms with Crippen LogP contribution in [0.25, 0.3) is 22.4 Å². The Morgan fingerprint density at radius 3 is 2.80 bits per heavy atom. The average Bonchev–Trinajstić information content (AvgIpc) is 3.39. The van der Waals surface area contributed by atoms with Crippen LogP contribution >= 0.6 is 11.6 Å². The van der Waals surface area contributed by atoms with E-state index in [2.05, 4.69) is 4.98 Å². The number of carbonyl (C=O) groups is 1. The van der Waals surface area contributed by atoms with Crippen LogP contribution in [0.15, 0.2) is 65.2 Å². The van der Waals surface area contributed by atoms with Gasteiger partial charge in [-0.05, 0) is 74.4 Å². The first-order chi connectivity index (χ1) is 14.6. The third-order valence-corrected chi connectivity index (χ3v) is 5.77. The number of nitrogens with zero attached hydrogens (tertiary/aromatic N) is 3. The summed E-state index contributed by atoms with van der Waals surface area (Å²) in [6.07, 6.45) is 3.59. The van der Waals surface area contributed by atoms with Gasteiger partial charge in [0, 0.05) is 34.3 Å². The highest BCUT2D eigenvalue weighted by Crippen LogP contribution is 2.33. The maximum absolute atomic E-state index is 13.3. The number of aromatic nitrogens is 2. The van der Waals surface area contributed by atoms with Crippen LogP contribution in [-0.2, 0) is 0 Å². The summed E-state index contributed by atoms with van der Waals surface area (Å²) in [4.78, 5) is 24.4. The fourth-order valence-corrected chi connectivity index (χ4v) is 4.21. The van der Waals surface area contributed by atoms with E-state index in [-0.39, 0.29) is 11.9 Å². The number of hydrogen-bond acceptors (Lipinski definition) is 4. The lowest BCUT2D eigenvalue weighted by molar-refractivity contribution is 0.0733. The molecule has 1 amide bonds. The third-order valence-electron chi connectivity index (χ3n) is 5.52. The topological polar surface area (TPSA) is 59.2 Å². The largest absolute Gasteiger partial charge is 0.461 e. The molecule has 2 aromatic carbocycles. The molecule has 1 aliphatic rings. The lowest BCUT2D eigenvalue weighted by Crippen LogP contribution is -2.31. The van der Waals surface area contributed by atoms with Crippen molar-refractivity contribution in [1.82, 2.24) is 14.9 Å². The molecule has 3 heterocycles. The Bertz CT molecular complexity index is 1230. The summed E-state index contributed by atoms with van der Waals surface area (Å²) < 4.78 is 5.63. The third kappa shape index (κ3) is 3.46. The maximum Gasteiger partial charge on any atom is 0.254 e. The lowest BCUT2D eigenvalue weighted by Gasteiger charge is -2.24. The fraction of sp³-hybridized carbons (Fsp3) is 0.208. The number of benzene rings is 2. The van der Waals surface area contributed by atoms with E-state index < -0.39 is 0 Å². The van der Waals surface area contributed by atoms with E-state index in [1.807, 2.05) is 66.4 Å². The molecule has 0 aliphatic carbocycles. The smallest absolute Gasteiger partial charge is 0.254 e. The van der Waals surface area contributed by atoms with Crippen molar-refractivity contribution in [2.45, 2.75) is 25.8 Å². The van der Waals surface area contributed by atoms with E-state index in [0.717, 1.165) is 40.8 Å². The van der Waals surface area contributed by atoms with Gasteiger partial charge in [-0.25, -0.2) is 9.97 Å². The van der Waals surface area contributed by atoms with Crippen molar-refractivity contribution < 1.29 is 9.21 Å². The molecule has 4 aromatic rings. The fourth-order valence-electron chi connectivity index (χ4n) is 4.09. The van der Waals surface area contributed by atoms with Crippen molar-refractivity contribution in [1.29, 1.82) is 0 Å².